The van der Waals surface area contributed by atoms with Crippen LogP contribution >= 0.6 is 22.9 Å². The highest BCUT2D eigenvalue weighted by Crippen LogP contribution is 2.25. The van der Waals surface area contributed by atoms with Gasteiger partial charge in [0.05, 0.1) is 6.61 Å². The van der Waals surface area contributed by atoms with Crippen molar-refractivity contribution in [1.82, 2.24) is 13.3 Å². The zero-order valence-electron chi connectivity index (χ0n) is 13.0. The van der Waals surface area contributed by atoms with E-state index in [1.54, 1.807) is 0 Å². The molecule has 0 aromatic carbocycles. The average molecular weight is 423 g/mol. The van der Waals surface area contributed by atoms with Crippen molar-refractivity contribution in [1.29, 1.82) is 0 Å². The summed E-state index contributed by atoms with van der Waals surface area (Å²) in [5.74, 6) is 0.420. The van der Waals surface area contributed by atoms with E-state index in [0.717, 1.165) is 51.9 Å². The first-order valence-electron chi connectivity index (χ1n) is 8.17. The Hall–Kier alpha value is -0.410. The van der Waals surface area contributed by atoms with E-state index in [-0.39, 0.29) is 37.3 Å². The van der Waals surface area contributed by atoms with Crippen LogP contribution in [0.5, 0.6) is 0 Å². The molecule has 0 saturated carbocycles. The number of aliphatic hydroxyl groups is 1. The number of halogens is 1. The second kappa shape index (κ2) is 9.02. The molecule has 0 radical (unpaired) electrons. The van der Waals surface area contributed by atoms with Gasteiger partial charge in [-0.2, -0.15) is 0 Å². The zero-order chi connectivity index (χ0) is 15.9. The third kappa shape index (κ3) is 5.34. The molecule has 7 heteroatoms. The molecule has 0 bridgehead atoms. The average Bonchev–Trinajstić information content (AvgIpc) is 2.51. The van der Waals surface area contributed by atoms with E-state index in [2.05, 4.69) is 31.3 Å². The van der Waals surface area contributed by atoms with Crippen molar-refractivity contribution < 1.29 is 14.7 Å². The highest BCUT2D eigenvalue weighted by atomic mass is 127. The molecule has 126 valence electrons. The van der Waals surface area contributed by atoms with Crippen LogP contribution in [0.4, 0.5) is 0 Å². The largest absolute Gasteiger partial charge is 0.395 e. The number of piperidine rings is 2. The normalized spacial score (nSPS) is 24.5. The first-order valence-corrected chi connectivity index (χ1v) is 9.13. The summed E-state index contributed by atoms with van der Waals surface area (Å²) in [5, 5.41) is 11.4. The van der Waals surface area contributed by atoms with Crippen LogP contribution in [0.1, 0.15) is 32.1 Å². The van der Waals surface area contributed by atoms with Gasteiger partial charge in [0.25, 0.3) is 0 Å². The van der Waals surface area contributed by atoms with Crippen molar-refractivity contribution in [3.05, 3.63) is 0 Å². The molecule has 0 aliphatic carbocycles. The van der Waals surface area contributed by atoms with E-state index in [4.69, 9.17) is 5.11 Å². The Morgan fingerprint density at radius 3 is 2.68 bits per heavy atom. The highest BCUT2D eigenvalue weighted by Gasteiger charge is 2.32. The fourth-order valence-electron chi connectivity index (χ4n) is 3.28. The molecule has 2 rings (SSSR count). The monoisotopic (exact) mass is 423 g/mol. The molecule has 2 aliphatic heterocycles. The Balaban J connectivity index is 1.80. The van der Waals surface area contributed by atoms with Crippen molar-refractivity contribution in [2.45, 2.75) is 32.1 Å². The van der Waals surface area contributed by atoms with E-state index >= 15 is 0 Å². The van der Waals surface area contributed by atoms with Gasteiger partial charge in [-0.3, -0.25) is 9.59 Å². The van der Waals surface area contributed by atoms with Crippen LogP contribution in [0.25, 0.3) is 0 Å². The number of nitrogens with zero attached hydrogens (tertiary/aromatic N) is 2. The van der Waals surface area contributed by atoms with Gasteiger partial charge >= 0.3 is 0 Å². The third-order valence-corrected chi connectivity index (χ3v) is 5.51. The smallest absolute Gasteiger partial charge is 0.226 e. The lowest BCUT2D eigenvalue weighted by atomic mass is 9.91. The summed E-state index contributed by atoms with van der Waals surface area (Å²) in [4.78, 5) is 26.3. The second-order valence-electron chi connectivity index (χ2n) is 6.25. The second-order valence-corrected chi connectivity index (χ2v) is 7.62. The van der Waals surface area contributed by atoms with Crippen molar-refractivity contribution in [2.24, 2.45) is 11.8 Å². The number of aliphatic hydroxyl groups excluding tert-OH is 1. The maximum absolute atomic E-state index is 12.6. The Morgan fingerprint density at radius 2 is 2.00 bits per heavy atom. The van der Waals surface area contributed by atoms with E-state index < -0.39 is 0 Å². The number of carbonyl (C=O) groups excluding carboxylic acids is 2. The lowest BCUT2D eigenvalue weighted by Crippen LogP contribution is -2.46. The maximum Gasteiger partial charge on any atom is 0.226 e. The van der Waals surface area contributed by atoms with E-state index in [1.165, 1.54) is 0 Å². The van der Waals surface area contributed by atoms with E-state index in [9.17, 15) is 9.59 Å². The van der Waals surface area contributed by atoms with Crippen molar-refractivity contribution in [3.8, 4) is 0 Å². The van der Waals surface area contributed by atoms with Gasteiger partial charge < -0.3 is 15.3 Å². The third-order valence-electron chi connectivity index (χ3n) is 4.55. The zero-order valence-corrected chi connectivity index (χ0v) is 15.1. The van der Waals surface area contributed by atoms with Gasteiger partial charge in [0.15, 0.2) is 0 Å². The van der Waals surface area contributed by atoms with Gasteiger partial charge in [-0.1, -0.05) is 0 Å². The van der Waals surface area contributed by atoms with Crippen LogP contribution < -0.4 is 5.32 Å². The number of hydrogen-bond acceptors (Lipinski definition) is 4. The van der Waals surface area contributed by atoms with Gasteiger partial charge in [-0.25, -0.2) is 3.11 Å². The van der Waals surface area contributed by atoms with E-state index in [1.807, 2.05) is 4.90 Å². The Kier molecular flexibility index (Phi) is 7.36. The minimum atomic E-state index is -0.183. The SMILES string of the molecule is O=C(CC1CCCN(CC2CCN(I)CC2)C1=O)NCCO. The van der Waals surface area contributed by atoms with Gasteiger partial charge in [-0.05, 0) is 31.6 Å². The number of nitrogens with one attached hydrogen (secondary N) is 1. The Labute approximate surface area is 146 Å². The van der Waals surface area contributed by atoms with Crippen molar-refractivity contribution in [3.63, 3.8) is 0 Å². The Bertz CT molecular complexity index is 386. The van der Waals surface area contributed by atoms with Crippen LogP contribution in [0.3, 0.4) is 0 Å². The Morgan fingerprint density at radius 1 is 1.27 bits per heavy atom. The first kappa shape index (κ1) is 17.9. The molecule has 0 spiro atoms. The van der Waals surface area contributed by atoms with Gasteiger partial charge in [0.2, 0.25) is 11.8 Å². The van der Waals surface area contributed by atoms with Gasteiger partial charge in [-0.15, -0.1) is 0 Å². The maximum atomic E-state index is 12.6. The summed E-state index contributed by atoms with van der Waals surface area (Å²) >= 11 is 2.36. The number of hydrogen-bond donors (Lipinski definition) is 2. The predicted molar refractivity (Wildman–Crippen MR) is 92.3 cm³/mol. The lowest BCUT2D eigenvalue weighted by molar-refractivity contribution is -0.142. The minimum Gasteiger partial charge on any atom is -0.395 e. The van der Waals surface area contributed by atoms with Crippen LogP contribution in [0, 0.1) is 11.8 Å². The highest BCUT2D eigenvalue weighted by molar-refractivity contribution is 14.1. The molecule has 0 aromatic heterocycles. The summed E-state index contributed by atoms with van der Waals surface area (Å²) in [6.07, 6.45) is 4.33. The summed E-state index contributed by atoms with van der Waals surface area (Å²) in [5.41, 5.74) is 0. The van der Waals surface area contributed by atoms with E-state index in [0.29, 0.717) is 5.92 Å². The topological polar surface area (TPSA) is 72.9 Å². The minimum absolute atomic E-state index is 0.0635. The molecule has 6 nitrogen and oxygen atoms in total. The predicted octanol–water partition coefficient (Wildman–Crippen LogP) is 0.786. The molecule has 2 aliphatic rings. The summed E-state index contributed by atoms with van der Waals surface area (Å²) in [6, 6.07) is 0. The first-order chi connectivity index (χ1) is 10.6. The lowest BCUT2D eigenvalue weighted by Gasteiger charge is -2.36. The van der Waals surface area contributed by atoms with Crippen LogP contribution in [-0.2, 0) is 9.59 Å². The number of likely N-dealkylation sites (tertiary alicyclic amines) is 1. The van der Waals surface area contributed by atoms with Gasteiger partial charge in [0.1, 0.15) is 0 Å². The molecule has 2 saturated heterocycles. The molecule has 2 fully saturated rings. The fraction of sp³-hybridized carbons (Fsp3) is 0.867. The molecular formula is C15H26IN3O3. The fourth-order valence-corrected chi connectivity index (χ4v) is 3.84. The van der Waals surface area contributed by atoms with Crippen molar-refractivity contribution in [2.75, 3.05) is 39.3 Å². The molecular weight excluding hydrogens is 397 g/mol. The standard InChI is InChI=1S/C15H26IN3O3/c16-19-7-3-12(4-8-19)11-18-6-1-2-13(15(18)22)10-14(21)17-5-9-20/h12-13,20H,1-11H2,(H,17,21). The molecule has 2 amide bonds. The van der Waals surface area contributed by atoms with Crippen LogP contribution in [0.15, 0.2) is 0 Å². The molecule has 2 N–H and O–H groups in total. The number of carbonyl (C=O) groups is 2. The summed E-state index contributed by atoms with van der Waals surface area (Å²) in [6.45, 7) is 4.07. The summed E-state index contributed by atoms with van der Waals surface area (Å²) in [7, 11) is 0. The van der Waals surface area contributed by atoms with Crippen LogP contribution in [0.2, 0.25) is 0 Å². The molecule has 0 aromatic rings. The van der Waals surface area contributed by atoms with Gasteiger partial charge in [0, 0.05) is 67.9 Å². The quantitative estimate of drug-likeness (QED) is 0.490. The molecule has 2 heterocycles. The number of amides is 2. The molecule has 22 heavy (non-hydrogen) atoms. The van der Waals surface area contributed by atoms with Crippen LogP contribution in [-0.4, -0.2) is 64.3 Å². The molecule has 1 unspecified atom stereocenters. The number of rotatable bonds is 6. The van der Waals surface area contributed by atoms with Crippen molar-refractivity contribution >= 4 is 34.7 Å². The summed E-state index contributed by atoms with van der Waals surface area (Å²) < 4.78 is 2.31. The molecule has 1 atom stereocenters.